The van der Waals surface area contributed by atoms with E-state index in [4.69, 9.17) is 0 Å². The normalized spacial score (nSPS) is 10.2. The maximum Gasteiger partial charge on any atom is 0.129 e. The van der Waals surface area contributed by atoms with Crippen LogP contribution in [0.1, 0.15) is 11.1 Å². The first-order chi connectivity index (χ1) is 8.29. The molecule has 0 amide bonds. The van der Waals surface area contributed by atoms with E-state index in [9.17, 15) is 0 Å². The van der Waals surface area contributed by atoms with Gasteiger partial charge in [-0.05, 0) is 25.1 Å². The van der Waals surface area contributed by atoms with Crippen LogP contribution in [-0.4, -0.2) is 12.0 Å². The van der Waals surface area contributed by atoms with Crippen molar-refractivity contribution in [3.8, 4) is 0 Å². The number of nitrogens with one attached hydrogen (secondary N) is 1. The predicted octanol–water partition coefficient (Wildman–Crippen LogP) is 3.72. The summed E-state index contributed by atoms with van der Waals surface area (Å²) in [5.41, 5.74) is 2.53. The van der Waals surface area contributed by atoms with Gasteiger partial charge in [0.1, 0.15) is 5.82 Å². The zero-order valence-corrected chi connectivity index (χ0v) is 10.9. The zero-order valence-electron chi connectivity index (χ0n) is 10.1. The minimum Gasteiger partial charge on any atom is -0.373 e. The van der Waals surface area contributed by atoms with Crippen molar-refractivity contribution in [3.63, 3.8) is 0 Å². The molecule has 0 saturated heterocycles. The van der Waals surface area contributed by atoms with E-state index in [1.165, 1.54) is 16.0 Å². The quantitative estimate of drug-likeness (QED) is 0.830. The van der Waals surface area contributed by atoms with E-state index < -0.39 is 0 Å². The Labute approximate surface area is 106 Å². The second-order valence-corrected chi connectivity index (χ2v) is 4.91. The Hall–Kier alpha value is -1.48. The van der Waals surface area contributed by atoms with E-state index in [0.29, 0.717) is 0 Å². The Morgan fingerprint density at radius 2 is 1.94 bits per heavy atom. The molecule has 3 heteroatoms. The number of nitrogens with zero attached hydrogens (tertiary/aromatic N) is 1. The molecule has 0 saturated carbocycles. The Balaban J connectivity index is 2.04. The van der Waals surface area contributed by atoms with Crippen LogP contribution < -0.4 is 5.32 Å². The van der Waals surface area contributed by atoms with Gasteiger partial charge in [0.25, 0.3) is 0 Å². The third-order valence-corrected chi connectivity index (χ3v) is 3.60. The molecule has 0 radical (unpaired) electrons. The lowest BCUT2D eigenvalue weighted by molar-refractivity contribution is 1.22. The number of benzene rings is 1. The number of thioether (sulfide) groups is 1. The van der Waals surface area contributed by atoms with Gasteiger partial charge in [0, 0.05) is 29.5 Å². The maximum absolute atomic E-state index is 4.30. The fourth-order valence-electron chi connectivity index (χ4n) is 1.58. The van der Waals surface area contributed by atoms with Crippen LogP contribution in [0, 0.1) is 6.92 Å². The molecule has 0 atom stereocenters. The third kappa shape index (κ3) is 3.24. The highest BCUT2D eigenvalue weighted by Gasteiger charge is 2.02. The summed E-state index contributed by atoms with van der Waals surface area (Å²) in [5, 5.41) is 3.12. The zero-order chi connectivity index (χ0) is 12.1. The minimum atomic E-state index is 0.938. The van der Waals surface area contributed by atoms with E-state index in [1.54, 1.807) is 0 Å². The molecule has 0 aliphatic rings. The third-order valence-electron chi connectivity index (χ3n) is 2.54. The number of hydrogen-bond donors (Lipinski definition) is 1. The molecule has 1 heterocycles. The van der Waals surface area contributed by atoms with Crippen LogP contribution in [0.2, 0.25) is 0 Å². The number of pyridine rings is 1. The SMILES string of the molecule is CNc1ncccc1CSc1ccc(C)cc1. The number of anilines is 1. The van der Waals surface area contributed by atoms with Gasteiger partial charge < -0.3 is 5.32 Å². The van der Waals surface area contributed by atoms with Gasteiger partial charge in [0.2, 0.25) is 0 Å². The van der Waals surface area contributed by atoms with Crippen LogP contribution in [0.15, 0.2) is 47.5 Å². The summed E-state index contributed by atoms with van der Waals surface area (Å²) in [4.78, 5) is 5.59. The predicted molar refractivity (Wildman–Crippen MR) is 74.5 cm³/mol. The van der Waals surface area contributed by atoms with Gasteiger partial charge in [0.15, 0.2) is 0 Å². The first-order valence-electron chi connectivity index (χ1n) is 5.60. The fraction of sp³-hybridized carbons (Fsp3) is 0.214. The molecule has 0 bridgehead atoms. The lowest BCUT2D eigenvalue weighted by atomic mass is 10.2. The Bertz CT molecular complexity index is 480. The van der Waals surface area contributed by atoms with Crippen molar-refractivity contribution < 1.29 is 0 Å². The van der Waals surface area contributed by atoms with Gasteiger partial charge in [-0.1, -0.05) is 23.8 Å². The van der Waals surface area contributed by atoms with E-state index in [-0.39, 0.29) is 0 Å². The van der Waals surface area contributed by atoms with Crippen LogP contribution >= 0.6 is 11.8 Å². The highest BCUT2D eigenvalue weighted by molar-refractivity contribution is 7.98. The van der Waals surface area contributed by atoms with Crippen LogP contribution in [0.25, 0.3) is 0 Å². The second-order valence-electron chi connectivity index (χ2n) is 3.86. The first kappa shape index (κ1) is 12.0. The van der Waals surface area contributed by atoms with Gasteiger partial charge in [-0.25, -0.2) is 4.98 Å². The molecular weight excluding hydrogens is 228 g/mol. The fourth-order valence-corrected chi connectivity index (χ4v) is 2.46. The Morgan fingerprint density at radius 3 is 2.65 bits per heavy atom. The van der Waals surface area contributed by atoms with Gasteiger partial charge >= 0.3 is 0 Å². The van der Waals surface area contributed by atoms with Crippen LogP contribution in [-0.2, 0) is 5.75 Å². The standard InChI is InChI=1S/C14H16N2S/c1-11-5-7-13(8-6-11)17-10-12-4-3-9-16-14(12)15-2/h3-9H,10H2,1-2H3,(H,15,16). The molecule has 0 aliphatic carbocycles. The van der Waals surface area contributed by atoms with Crippen molar-refractivity contribution in [3.05, 3.63) is 53.7 Å². The molecule has 17 heavy (non-hydrogen) atoms. The Morgan fingerprint density at radius 1 is 1.18 bits per heavy atom. The molecule has 2 rings (SSSR count). The van der Waals surface area contributed by atoms with Crippen molar-refractivity contribution >= 4 is 17.6 Å². The lowest BCUT2D eigenvalue weighted by Crippen LogP contribution is -1.96. The molecule has 0 aliphatic heterocycles. The van der Waals surface area contributed by atoms with Crippen molar-refractivity contribution in [2.45, 2.75) is 17.6 Å². The molecule has 0 unspecified atom stereocenters. The number of hydrogen-bond acceptors (Lipinski definition) is 3. The molecule has 1 aromatic carbocycles. The van der Waals surface area contributed by atoms with Crippen molar-refractivity contribution in [2.24, 2.45) is 0 Å². The highest BCUT2D eigenvalue weighted by atomic mass is 32.2. The maximum atomic E-state index is 4.30. The molecular formula is C14H16N2S. The highest BCUT2D eigenvalue weighted by Crippen LogP contribution is 2.25. The summed E-state index contributed by atoms with van der Waals surface area (Å²) < 4.78 is 0. The summed E-state index contributed by atoms with van der Waals surface area (Å²) in [6, 6.07) is 12.7. The van der Waals surface area contributed by atoms with Crippen LogP contribution in [0.4, 0.5) is 5.82 Å². The van der Waals surface area contributed by atoms with Gasteiger partial charge in [-0.3, -0.25) is 0 Å². The van der Waals surface area contributed by atoms with Crippen LogP contribution in [0.5, 0.6) is 0 Å². The summed E-state index contributed by atoms with van der Waals surface area (Å²) >= 11 is 1.83. The van der Waals surface area contributed by atoms with Crippen molar-refractivity contribution in [2.75, 3.05) is 12.4 Å². The minimum absolute atomic E-state index is 0.938. The molecule has 0 spiro atoms. The summed E-state index contributed by atoms with van der Waals surface area (Å²) in [6.45, 7) is 2.11. The molecule has 1 aromatic heterocycles. The van der Waals surface area contributed by atoms with Crippen molar-refractivity contribution in [1.82, 2.24) is 4.98 Å². The summed E-state index contributed by atoms with van der Waals surface area (Å²) in [7, 11) is 1.91. The number of aryl methyl sites for hydroxylation is 1. The molecule has 1 N–H and O–H groups in total. The summed E-state index contributed by atoms with van der Waals surface area (Å²) in [5.74, 6) is 1.90. The average molecular weight is 244 g/mol. The average Bonchev–Trinajstić information content (AvgIpc) is 2.38. The van der Waals surface area contributed by atoms with Gasteiger partial charge in [0.05, 0.1) is 0 Å². The summed E-state index contributed by atoms with van der Waals surface area (Å²) in [6.07, 6.45) is 1.81. The van der Waals surface area contributed by atoms with Crippen LogP contribution in [0.3, 0.4) is 0 Å². The van der Waals surface area contributed by atoms with E-state index >= 15 is 0 Å². The Kier molecular flexibility index (Phi) is 4.04. The van der Waals surface area contributed by atoms with E-state index in [0.717, 1.165) is 11.6 Å². The second kappa shape index (κ2) is 5.73. The van der Waals surface area contributed by atoms with Gasteiger partial charge in [-0.15, -0.1) is 11.8 Å². The van der Waals surface area contributed by atoms with Gasteiger partial charge in [-0.2, -0.15) is 0 Å². The smallest absolute Gasteiger partial charge is 0.129 e. The molecule has 2 aromatic rings. The monoisotopic (exact) mass is 244 g/mol. The van der Waals surface area contributed by atoms with E-state index in [2.05, 4.69) is 47.6 Å². The topological polar surface area (TPSA) is 24.9 Å². The number of rotatable bonds is 4. The molecule has 2 nitrogen and oxygen atoms in total. The molecule has 88 valence electrons. The van der Waals surface area contributed by atoms with E-state index in [1.807, 2.05) is 31.1 Å². The molecule has 0 fully saturated rings. The number of aromatic nitrogens is 1. The first-order valence-corrected chi connectivity index (χ1v) is 6.59. The largest absolute Gasteiger partial charge is 0.373 e. The van der Waals surface area contributed by atoms with Crippen molar-refractivity contribution in [1.29, 1.82) is 0 Å². The lowest BCUT2D eigenvalue weighted by Gasteiger charge is -2.07.